The van der Waals surface area contributed by atoms with Crippen LogP contribution in [0.15, 0.2) is 0 Å². The third-order valence-corrected chi connectivity index (χ3v) is 5.71. The first kappa shape index (κ1) is 42.0. The van der Waals surface area contributed by atoms with Crippen LogP contribution in [0.2, 0.25) is 0 Å². The number of phosphoric ester groups is 3. The predicted octanol–water partition coefficient (Wildman–Crippen LogP) is 3.92. The van der Waals surface area contributed by atoms with Crippen LogP contribution >= 0.6 is 23.5 Å². The van der Waals surface area contributed by atoms with Crippen LogP contribution in [0.4, 0.5) is 0 Å². The molecule has 0 aliphatic heterocycles. The Morgan fingerprint density at radius 1 is 0.412 bits per heavy atom. The fraction of sp³-hybridized carbons (Fsp3) is 1.00. The van der Waals surface area contributed by atoms with Crippen molar-refractivity contribution in [2.45, 2.75) is 80.1 Å². The predicted molar refractivity (Wildman–Crippen MR) is 120 cm³/mol. The average Bonchev–Trinajstić information content (AvgIpc) is 2.77. The van der Waals surface area contributed by atoms with Gasteiger partial charge in [0, 0.05) is 0 Å². The summed E-state index contributed by atoms with van der Waals surface area (Å²) in [6, 6.07) is 0. The van der Waals surface area contributed by atoms with E-state index in [-0.39, 0.29) is 57.0 Å². The topological polar surface area (TPSA) is 176 Å². The molecule has 0 amide bonds. The molecule has 12 nitrogen and oxygen atoms in total. The quantitative estimate of drug-likeness (QED) is 0.209. The zero-order valence-corrected chi connectivity index (χ0v) is 25.1. The molecule has 0 aliphatic rings. The Bertz CT molecular complexity index is 456. The van der Waals surface area contributed by atoms with Gasteiger partial charge in [0.2, 0.25) is 0 Å². The zero-order chi connectivity index (χ0) is 26.2. The van der Waals surface area contributed by atoms with E-state index in [1.165, 1.54) is 0 Å². The molecule has 0 fully saturated rings. The van der Waals surface area contributed by atoms with Gasteiger partial charge in [-0.25, -0.2) is 0 Å². The summed E-state index contributed by atoms with van der Waals surface area (Å²) in [5.41, 5.74) is 0. The van der Waals surface area contributed by atoms with Gasteiger partial charge in [-0.2, -0.15) is 0 Å². The van der Waals surface area contributed by atoms with E-state index in [2.05, 4.69) is 27.1 Å². The van der Waals surface area contributed by atoms with Gasteiger partial charge in [-0.1, -0.05) is 41.5 Å². The minimum atomic E-state index is -3.98. The summed E-state index contributed by atoms with van der Waals surface area (Å²) in [5, 5.41) is 0. The molecule has 0 bridgehead atoms. The molecule has 0 rings (SSSR count). The minimum Gasteiger partial charge on any atom is -0.756 e. The summed E-state index contributed by atoms with van der Waals surface area (Å²) in [6.45, 7) is 12.2. The Kier molecular flexibility index (Phi) is 33.2. The van der Waals surface area contributed by atoms with Crippen LogP contribution in [0.1, 0.15) is 80.1 Å². The van der Waals surface area contributed by atoms with Gasteiger partial charge in [0.15, 0.2) is 0 Å². The van der Waals surface area contributed by atoms with Crippen molar-refractivity contribution in [2.75, 3.05) is 39.6 Å². The molecule has 0 spiro atoms. The fourth-order valence-electron chi connectivity index (χ4n) is 1.33. The average molecular weight is 595 g/mol. The van der Waals surface area contributed by atoms with Crippen molar-refractivity contribution < 1.29 is 72.9 Å². The number of rotatable bonds is 18. The first-order valence-corrected chi connectivity index (χ1v) is 15.5. The number of hydrogen-bond donors (Lipinski definition) is 0. The van der Waals surface area contributed by atoms with E-state index in [9.17, 15) is 28.4 Å². The van der Waals surface area contributed by atoms with Crippen molar-refractivity contribution in [1.82, 2.24) is 0 Å². The molecule has 0 aromatic rings. The number of phosphoric acid groups is 3. The van der Waals surface area contributed by atoms with E-state index in [0.29, 0.717) is 38.5 Å². The first-order chi connectivity index (χ1) is 15.4. The maximum Gasteiger partial charge on any atom is 3.00 e. The van der Waals surface area contributed by atoms with Crippen molar-refractivity contribution in [3.8, 4) is 0 Å². The first-order valence-electron chi connectivity index (χ1n) is 11.2. The zero-order valence-electron chi connectivity index (χ0n) is 21.1. The third kappa shape index (κ3) is 35.0. The van der Waals surface area contributed by atoms with E-state index in [0.717, 1.165) is 0 Å². The maximum atomic E-state index is 10.7. The summed E-state index contributed by atoms with van der Waals surface area (Å²) in [5.74, 6) is 0. The molecular weight excluding hydrogens is 553 g/mol. The second-order valence-corrected chi connectivity index (χ2v) is 10.6. The van der Waals surface area contributed by atoms with Crippen LogP contribution in [0, 0.1) is 0 Å². The minimum absolute atomic E-state index is 0. The summed E-state index contributed by atoms with van der Waals surface area (Å²) in [6.07, 6.45) is 4.01. The van der Waals surface area contributed by atoms with Crippen molar-refractivity contribution >= 4 is 23.5 Å². The molecule has 0 aliphatic carbocycles. The van der Waals surface area contributed by atoms with Gasteiger partial charge in [-0.15, -0.1) is 0 Å². The Hall–Kier alpha value is 0.862. The molecule has 16 heteroatoms. The molecule has 1 radical (unpaired) electrons. The standard InChI is InChI=1S/3C6H15O4P.Cr/c3*1-3-5-9-11(7,8)10-6-4-2;/h3*3-6H2,1-2H3,(H,7,8);/q;;;+3/p-3. The Morgan fingerprint density at radius 3 is 0.618 bits per heavy atom. The van der Waals surface area contributed by atoms with Gasteiger partial charge in [0.25, 0.3) is 23.5 Å². The molecule has 0 heterocycles. The molecule has 0 saturated heterocycles. The van der Waals surface area contributed by atoms with Crippen molar-refractivity contribution in [2.24, 2.45) is 0 Å². The van der Waals surface area contributed by atoms with E-state index < -0.39 is 23.5 Å². The maximum absolute atomic E-state index is 10.7. The SMILES string of the molecule is CCCOP(=O)([O-])OCCC.CCCOP(=O)([O-])OCCC.CCCOP(=O)([O-])OCCC.[Cr+3]. The van der Waals surface area contributed by atoms with Gasteiger partial charge in [-0.3, -0.25) is 13.7 Å². The van der Waals surface area contributed by atoms with Gasteiger partial charge in [0.1, 0.15) is 0 Å². The smallest absolute Gasteiger partial charge is 0.756 e. The third-order valence-electron chi connectivity index (χ3n) is 2.72. The monoisotopic (exact) mass is 595 g/mol. The molecule has 0 N–H and O–H groups in total. The van der Waals surface area contributed by atoms with E-state index in [4.69, 9.17) is 0 Å². The van der Waals surface area contributed by atoms with Crippen molar-refractivity contribution in [3.05, 3.63) is 0 Å². The largest absolute Gasteiger partial charge is 3.00 e. The summed E-state index contributed by atoms with van der Waals surface area (Å²) >= 11 is 0. The van der Waals surface area contributed by atoms with Gasteiger partial charge >= 0.3 is 17.4 Å². The molecule has 0 atom stereocenters. The van der Waals surface area contributed by atoms with Gasteiger partial charge in [0.05, 0.1) is 39.6 Å². The second kappa shape index (κ2) is 26.9. The molecule has 0 aromatic carbocycles. The van der Waals surface area contributed by atoms with Crippen LogP contribution < -0.4 is 14.7 Å². The summed E-state index contributed by atoms with van der Waals surface area (Å²) in [4.78, 5) is 32.2. The van der Waals surface area contributed by atoms with Crippen molar-refractivity contribution in [1.29, 1.82) is 0 Å². The molecule has 207 valence electrons. The van der Waals surface area contributed by atoms with E-state index in [1.807, 2.05) is 41.5 Å². The Labute approximate surface area is 216 Å². The molecule has 34 heavy (non-hydrogen) atoms. The summed E-state index contributed by atoms with van der Waals surface area (Å²) in [7, 11) is -11.9. The van der Waals surface area contributed by atoms with E-state index in [1.54, 1.807) is 0 Å². The van der Waals surface area contributed by atoms with Crippen LogP contribution in [0.3, 0.4) is 0 Å². The molecule has 0 unspecified atom stereocenters. The van der Waals surface area contributed by atoms with Crippen LogP contribution in [-0.2, 0) is 58.2 Å². The van der Waals surface area contributed by atoms with Gasteiger partial charge in [-0.05, 0) is 38.5 Å². The molecule has 0 saturated carbocycles. The normalized spacial score (nSPS) is 11.6. The van der Waals surface area contributed by atoms with Crippen LogP contribution in [-0.4, -0.2) is 39.6 Å². The van der Waals surface area contributed by atoms with Gasteiger partial charge < -0.3 is 41.8 Å². The summed E-state index contributed by atoms with van der Waals surface area (Å²) < 4.78 is 58.9. The van der Waals surface area contributed by atoms with Crippen LogP contribution in [0.25, 0.3) is 0 Å². The number of hydrogen-bond acceptors (Lipinski definition) is 12. The molecule has 0 aromatic heterocycles. The van der Waals surface area contributed by atoms with E-state index >= 15 is 0 Å². The fourth-order valence-corrected chi connectivity index (χ4v) is 3.99. The van der Waals surface area contributed by atoms with Crippen molar-refractivity contribution in [3.63, 3.8) is 0 Å². The second-order valence-electron chi connectivity index (χ2n) is 6.34. The Morgan fingerprint density at radius 2 is 0.529 bits per heavy atom. The van der Waals surface area contributed by atoms with Crippen LogP contribution in [0.5, 0.6) is 0 Å². The Balaban J connectivity index is -0.000000196. The molecular formula is C18H42CrO12P3.